The number of primary amides is 1. The number of carboxylic acid groups (broad SMARTS) is 2. The summed E-state index contributed by atoms with van der Waals surface area (Å²) in [6.07, 6.45) is 0.621. The third-order valence-electron chi connectivity index (χ3n) is 6.61. The number of aliphatic imine (C=N–C) groups is 1. The number of aromatic amines is 1. The highest BCUT2D eigenvalue weighted by Gasteiger charge is 2.31. The number of H-pyrrole nitrogens is 1. The van der Waals surface area contributed by atoms with Crippen LogP contribution in [0.5, 0.6) is 0 Å². The zero-order valence-electron chi connectivity index (χ0n) is 24.0. The molecule has 2 rings (SSSR count). The minimum absolute atomic E-state index is 0.0250. The molecule has 0 radical (unpaired) electrons. The molecule has 0 aliphatic heterocycles. The molecular weight excluding hydrogens is 578 g/mol. The van der Waals surface area contributed by atoms with Gasteiger partial charge in [-0.25, -0.2) is 4.79 Å². The molecule has 0 saturated heterocycles. The van der Waals surface area contributed by atoms with Gasteiger partial charge >= 0.3 is 11.9 Å². The molecule has 0 aliphatic rings. The first-order valence-electron chi connectivity index (χ1n) is 13.8. The van der Waals surface area contributed by atoms with E-state index in [0.29, 0.717) is 12.0 Å². The Morgan fingerprint density at radius 2 is 1.43 bits per heavy atom. The molecule has 1 aromatic heterocycles. The highest BCUT2D eigenvalue weighted by molar-refractivity contribution is 5.95. The molecule has 4 unspecified atom stereocenters. The molecule has 2 aromatic rings. The summed E-state index contributed by atoms with van der Waals surface area (Å²) >= 11 is 0. The van der Waals surface area contributed by atoms with Crippen LogP contribution in [0.25, 0.3) is 10.9 Å². The summed E-state index contributed by atoms with van der Waals surface area (Å²) in [7, 11) is 0. The summed E-state index contributed by atoms with van der Waals surface area (Å²) in [5.74, 6) is -6.11. The van der Waals surface area contributed by atoms with Crippen molar-refractivity contribution in [3.63, 3.8) is 0 Å². The lowest BCUT2D eigenvalue weighted by Gasteiger charge is -2.25. The van der Waals surface area contributed by atoms with Gasteiger partial charge in [0.25, 0.3) is 0 Å². The summed E-state index contributed by atoms with van der Waals surface area (Å²) in [5.41, 5.74) is 23.3. The maximum atomic E-state index is 13.6. The number of amides is 4. The quantitative estimate of drug-likeness (QED) is 0.0456. The number of nitrogens with zero attached hydrogens (tertiary/aromatic N) is 1. The van der Waals surface area contributed by atoms with E-state index in [2.05, 4.69) is 25.9 Å². The maximum absolute atomic E-state index is 13.6. The third kappa shape index (κ3) is 11.6. The van der Waals surface area contributed by atoms with Gasteiger partial charge in [-0.3, -0.25) is 29.0 Å². The van der Waals surface area contributed by atoms with E-state index in [0.717, 1.165) is 10.9 Å². The standard InChI is InChI=1S/C27H39N9O8/c28-16(5-3-11-32-27(30)31)23(40)36-20(12-14-13-33-17-6-2-1-4-15(14)17)25(42)34-18(7-9-21(29)37)24(41)35-19(26(43)44)8-10-22(38)39/h1-2,4,6,13,16,18-20,33H,3,5,7-12,28H2,(H2,29,37)(H,34,42)(H,35,41)(H,36,40)(H,38,39)(H,43,44)(H4,30,31,32). The SMILES string of the molecule is NC(=O)CCC(NC(=O)C(Cc1c[nH]c2ccccc12)NC(=O)C(N)CCCN=C(N)N)C(=O)NC(CCC(=O)O)C(=O)O. The van der Waals surface area contributed by atoms with Crippen LogP contribution in [0.2, 0.25) is 0 Å². The van der Waals surface area contributed by atoms with E-state index < -0.39 is 72.6 Å². The van der Waals surface area contributed by atoms with Crippen molar-refractivity contribution in [3.05, 3.63) is 36.0 Å². The number of hydrogen-bond acceptors (Lipinski definition) is 8. The molecule has 17 nitrogen and oxygen atoms in total. The number of hydrogen-bond donors (Lipinski definition) is 10. The average Bonchev–Trinajstić information content (AvgIpc) is 3.36. The Hall–Kier alpha value is -5.19. The molecule has 1 aromatic carbocycles. The van der Waals surface area contributed by atoms with Crippen molar-refractivity contribution in [2.24, 2.45) is 27.9 Å². The second-order valence-electron chi connectivity index (χ2n) is 10.1. The molecule has 0 spiro atoms. The molecule has 0 aliphatic carbocycles. The van der Waals surface area contributed by atoms with E-state index >= 15 is 0 Å². The van der Waals surface area contributed by atoms with E-state index in [4.69, 9.17) is 28.0 Å². The third-order valence-corrected chi connectivity index (χ3v) is 6.61. The molecule has 4 atom stereocenters. The van der Waals surface area contributed by atoms with Gasteiger partial charge in [0, 0.05) is 42.9 Å². The maximum Gasteiger partial charge on any atom is 0.326 e. The van der Waals surface area contributed by atoms with Crippen LogP contribution < -0.4 is 38.9 Å². The lowest BCUT2D eigenvalue weighted by Crippen LogP contribution is -2.57. The van der Waals surface area contributed by atoms with Crippen LogP contribution in [0.1, 0.15) is 44.1 Å². The van der Waals surface area contributed by atoms with Crippen molar-refractivity contribution >= 4 is 52.4 Å². The van der Waals surface area contributed by atoms with Crippen molar-refractivity contribution in [2.45, 2.75) is 69.1 Å². The predicted octanol–water partition coefficient (Wildman–Crippen LogP) is -2.24. The topological polar surface area (TPSA) is 311 Å². The van der Waals surface area contributed by atoms with Gasteiger partial charge in [0.15, 0.2) is 5.96 Å². The Labute approximate surface area is 252 Å². The lowest BCUT2D eigenvalue weighted by atomic mass is 10.0. The number of rotatable bonds is 19. The monoisotopic (exact) mass is 617 g/mol. The first-order valence-corrected chi connectivity index (χ1v) is 13.8. The van der Waals surface area contributed by atoms with Crippen LogP contribution in [0.15, 0.2) is 35.5 Å². The van der Waals surface area contributed by atoms with E-state index in [1.165, 1.54) is 0 Å². The Morgan fingerprint density at radius 1 is 0.818 bits per heavy atom. The number of nitrogens with two attached hydrogens (primary N) is 4. The summed E-state index contributed by atoms with van der Waals surface area (Å²) in [5, 5.41) is 26.4. The summed E-state index contributed by atoms with van der Waals surface area (Å²) in [6, 6.07) is 1.96. The Morgan fingerprint density at radius 3 is 2.07 bits per heavy atom. The molecule has 0 fully saturated rings. The van der Waals surface area contributed by atoms with Crippen molar-refractivity contribution in [1.29, 1.82) is 0 Å². The summed E-state index contributed by atoms with van der Waals surface area (Å²) < 4.78 is 0. The Kier molecular flexibility index (Phi) is 13.6. The number of carboxylic acids is 2. The van der Waals surface area contributed by atoms with Gasteiger partial charge in [0.2, 0.25) is 23.6 Å². The molecule has 240 valence electrons. The zero-order valence-corrected chi connectivity index (χ0v) is 24.0. The van der Waals surface area contributed by atoms with Gasteiger partial charge in [-0.1, -0.05) is 18.2 Å². The number of carbonyl (C=O) groups excluding carboxylic acids is 4. The normalized spacial score (nSPS) is 13.6. The van der Waals surface area contributed by atoms with Gasteiger partial charge in [0.05, 0.1) is 6.04 Å². The van der Waals surface area contributed by atoms with E-state index in [9.17, 15) is 33.9 Å². The number of aromatic nitrogens is 1. The van der Waals surface area contributed by atoms with Gasteiger partial charge < -0.3 is 54.1 Å². The number of fused-ring (bicyclic) bond motifs is 1. The molecule has 4 amide bonds. The molecule has 17 heteroatoms. The number of benzene rings is 1. The fourth-order valence-corrected chi connectivity index (χ4v) is 4.28. The fourth-order valence-electron chi connectivity index (χ4n) is 4.28. The minimum Gasteiger partial charge on any atom is -0.481 e. The first kappa shape index (κ1) is 35.0. The zero-order chi connectivity index (χ0) is 32.8. The van der Waals surface area contributed by atoms with Crippen LogP contribution in [0, 0.1) is 0 Å². The Balaban J connectivity index is 2.28. The summed E-state index contributed by atoms with van der Waals surface area (Å²) in [4.78, 5) is 80.6. The molecule has 14 N–H and O–H groups in total. The number of carbonyl (C=O) groups is 6. The minimum atomic E-state index is -1.58. The number of nitrogens with one attached hydrogen (secondary N) is 4. The van der Waals surface area contributed by atoms with Gasteiger partial charge in [-0.05, 0) is 37.3 Å². The van der Waals surface area contributed by atoms with Crippen molar-refractivity contribution in [1.82, 2.24) is 20.9 Å². The van der Waals surface area contributed by atoms with Crippen molar-refractivity contribution in [2.75, 3.05) is 6.54 Å². The number of guanidine groups is 1. The van der Waals surface area contributed by atoms with Gasteiger partial charge in [0.1, 0.15) is 18.1 Å². The van der Waals surface area contributed by atoms with E-state index in [1.54, 1.807) is 12.3 Å². The lowest BCUT2D eigenvalue weighted by molar-refractivity contribution is -0.143. The van der Waals surface area contributed by atoms with Crippen LogP contribution in [-0.2, 0) is 35.2 Å². The van der Waals surface area contributed by atoms with Gasteiger partial charge in [-0.2, -0.15) is 0 Å². The highest BCUT2D eigenvalue weighted by Crippen LogP contribution is 2.19. The summed E-state index contributed by atoms with van der Waals surface area (Å²) in [6.45, 7) is 0.239. The van der Waals surface area contributed by atoms with E-state index in [1.807, 2.05) is 18.2 Å². The largest absolute Gasteiger partial charge is 0.481 e. The molecule has 0 bridgehead atoms. The Bertz CT molecular complexity index is 1370. The molecule has 44 heavy (non-hydrogen) atoms. The van der Waals surface area contributed by atoms with Gasteiger partial charge in [-0.15, -0.1) is 0 Å². The van der Waals surface area contributed by atoms with Crippen molar-refractivity contribution in [3.8, 4) is 0 Å². The second kappa shape index (κ2) is 17.1. The number of para-hydroxylation sites is 1. The second-order valence-corrected chi connectivity index (χ2v) is 10.1. The predicted molar refractivity (Wildman–Crippen MR) is 159 cm³/mol. The van der Waals surface area contributed by atoms with Crippen LogP contribution in [0.3, 0.4) is 0 Å². The smallest absolute Gasteiger partial charge is 0.326 e. The van der Waals surface area contributed by atoms with Crippen LogP contribution in [-0.4, -0.2) is 87.4 Å². The highest BCUT2D eigenvalue weighted by atomic mass is 16.4. The number of aliphatic carboxylic acids is 2. The first-order chi connectivity index (χ1) is 20.8. The molecule has 1 heterocycles. The van der Waals surface area contributed by atoms with E-state index in [-0.39, 0.29) is 38.2 Å². The average molecular weight is 618 g/mol. The van der Waals surface area contributed by atoms with Crippen LogP contribution >= 0.6 is 0 Å². The van der Waals surface area contributed by atoms with Crippen molar-refractivity contribution < 1.29 is 39.0 Å². The molecular formula is C27H39N9O8. The van der Waals surface area contributed by atoms with Crippen LogP contribution in [0.4, 0.5) is 0 Å². The fraction of sp³-hybridized carbons (Fsp3) is 0.444. The molecule has 0 saturated carbocycles.